The third kappa shape index (κ3) is 6.18. The molecule has 0 bridgehead atoms. The molecule has 0 fully saturated rings. The van der Waals surface area contributed by atoms with Crippen molar-refractivity contribution in [3.05, 3.63) is 64.2 Å². The maximum absolute atomic E-state index is 14.0. The zero-order valence-corrected chi connectivity index (χ0v) is 22.0. The Morgan fingerprint density at radius 2 is 1.92 bits per heavy atom. The molecule has 1 unspecified atom stereocenters. The molecule has 196 valence electrons. The van der Waals surface area contributed by atoms with E-state index in [9.17, 15) is 19.5 Å². The van der Waals surface area contributed by atoms with Gasteiger partial charge in [0.05, 0.1) is 12.8 Å². The summed E-state index contributed by atoms with van der Waals surface area (Å²) in [5.41, 5.74) is 12.8. The Morgan fingerprint density at radius 1 is 1.19 bits per heavy atom. The van der Waals surface area contributed by atoms with E-state index < -0.39 is 23.8 Å². The Kier molecular flexibility index (Phi) is 8.72. The lowest BCUT2D eigenvalue weighted by molar-refractivity contribution is -0.122. The number of aryl methyl sites for hydroxylation is 1. The Labute approximate surface area is 219 Å². The fraction of sp³-hybridized carbons (Fsp3) is 0.308. The number of aromatic nitrogens is 1. The number of hydrogen-bond acceptors (Lipinski definition) is 8. The third-order valence-electron chi connectivity index (χ3n) is 5.70. The summed E-state index contributed by atoms with van der Waals surface area (Å²) >= 11 is 0.733. The van der Waals surface area contributed by atoms with E-state index >= 15 is 0 Å². The topological polar surface area (TPSA) is 161 Å². The van der Waals surface area contributed by atoms with Crippen LogP contribution in [0.3, 0.4) is 0 Å². The molecule has 3 rings (SSSR count). The van der Waals surface area contributed by atoms with Gasteiger partial charge in [-0.15, -0.1) is 0 Å². The van der Waals surface area contributed by atoms with E-state index in [2.05, 4.69) is 9.69 Å². The van der Waals surface area contributed by atoms with Gasteiger partial charge in [-0.05, 0) is 66.2 Å². The summed E-state index contributed by atoms with van der Waals surface area (Å²) in [6, 6.07) is 10.4. The van der Waals surface area contributed by atoms with Crippen LogP contribution in [0, 0.1) is 12.8 Å². The predicted octanol–water partition coefficient (Wildman–Crippen LogP) is 3.40. The molecule has 3 amide bonds. The highest BCUT2D eigenvalue weighted by atomic mass is 32.1. The van der Waals surface area contributed by atoms with E-state index in [4.69, 9.17) is 16.2 Å². The van der Waals surface area contributed by atoms with Gasteiger partial charge in [-0.2, -0.15) is 4.37 Å². The van der Waals surface area contributed by atoms with Gasteiger partial charge in [0.1, 0.15) is 10.9 Å². The molecule has 0 aliphatic carbocycles. The molecule has 0 aliphatic heterocycles. The first-order valence-corrected chi connectivity index (χ1v) is 12.4. The number of methoxy groups -OCH3 is 1. The number of aromatic hydroxyl groups is 1. The second-order valence-corrected chi connectivity index (χ2v) is 9.73. The van der Waals surface area contributed by atoms with Gasteiger partial charge < -0.3 is 26.6 Å². The van der Waals surface area contributed by atoms with E-state index in [-0.39, 0.29) is 27.8 Å². The van der Waals surface area contributed by atoms with E-state index in [1.54, 1.807) is 24.3 Å². The first-order valence-electron chi connectivity index (χ1n) is 11.6. The molecule has 3 aromatic rings. The average molecular weight is 526 g/mol. The van der Waals surface area contributed by atoms with Crippen LogP contribution in [0.5, 0.6) is 11.5 Å². The Hall–Kier alpha value is -4.12. The Morgan fingerprint density at radius 3 is 2.51 bits per heavy atom. The summed E-state index contributed by atoms with van der Waals surface area (Å²) in [6.45, 7) is 6.34. The van der Waals surface area contributed by atoms with Crippen molar-refractivity contribution < 1.29 is 24.2 Å². The fourth-order valence-corrected chi connectivity index (χ4v) is 4.51. The van der Waals surface area contributed by atoms with Crippen LogP contribution in [0.2, 0.25) is 0 Å². The normalized spacial score (nSPS) is 11.7. The van der Waals surface area contributed by atoms with Crippen LogP contribution in [0.15, 0.2) is 42.5 Å². The highest BCUT2D eigenvalue weighted by Gasteiger charge is 2.36. The summed E-state index contributed by atoms with van der Waals surface area (Å²) in [5, 5.41) is 13.1. The number of primary amides is 1. The van der Waals surface area contributed by atoms with Crippen LogP contribution < -0.4 is 26.4 Å². The van der Waals surface area contributed by atoms with Crippen LogP contribution in [0.4, 0.5) is 11.4 Å². The summed E-state index contributed by atoms with van der Waals surface area (Å²) < 4.78 is 9.22. The number of nitrogens with zero attached hydrogens (tertiary/aromatic N) is 2. The molecule has 6 N–H and O–H groups in total. The van der Waals surface area contributed by atoms with Gasteiger partial charge in [0, 0.05) is 12.2 Å². The lowest BCUT2D eigenvalue weighted by Crippen LogP contribution is -2.44. The minimum Gasteiger partial charge on any atom is -0.504 e. The summed E-state index contributed by atoms with van der Waals surface area (Å²) in [4.78, 5) is 40.8. The number of benzene rings is 2. The van der Waals surface area contributed by atoms with Gasteiger partial charge in [0.15, 0.2) is 17.2 Å². The molecule has 0 radical (unpaired) electrons. The van der Waals surface area contributed by atoms with Gasteiger partial charge >= 0.3 is 0 Å². The number of carbonyl (C=O) groups is 3. The molecule has 0 spiro atoms. The monoisotopic (exact) mass is 525 g/mol. The van der Waals surface area contributed by atoms with Crippen molar-refractivity contribution in [3.8, 4) is 11.5 Å². The molecule has 37 heavy (non-hydrogen) atoms. The zero-order chi connectivity index (χ0) is 27.3. The van der Waals surface area contributed by atoms with Gasteiger partial charge in [0.25, 0.3) is 11.8 Å². The van der Waals surface area contributed by atoms with Crippen molar-refractivity contribution in [1.82, 2.24) is 9.69 Å². The number of anilines is 2. The lowest BCUT2D eigenvalue weighted by atomic mass is 10.0. The van der Waals surface area contributed by atoms with E-state index in [1.165, 1.54) is 24.1 Å². The quantitative estimate of drug-likeness (QED) is 0.315. The van der Waals surface area contributed by atoms with Crippen molar-refractivity contribution in [3.63, 3.8) is 0 Å². The number of rotatable bonds is 10. The smallest absolute Gasteiger partial charge is 0.273 e. The number of nitrogen functional groups attached to an aromatic ring is 1. The Balaban J connectivity index is 2.21. The maximum Gasteiger partial charge on any atom is 0.273 e. The maximum atomic E-state index is 14.0. The van der Waals surface area contributed by atoms with Crippen LogP contribution in [0.25, 0.3) is 0 Å². The van der Waals surface area contributed by atoms with Crippen molar-refractivity contribution in [2.45, 2.75) is 33.2 Å². The minimum atomic E-state index is -1.17. The fourth-order valence-electron chi connectivity index (χ4n) is 3.76. The third-order valence-corrected chi connectivity index (χ3v) is 6.55. The number of nitrogens with one attached hydrogen (secondary N) is 1. The number of hydrogen-bond donors (Lipinski definition) is 4. The largest absolute Gasteiger partial charge is 0.504 e. The van der Waals surface area contributed by atoms with Crippen molar-refractivity contribution in [2.75, 3.05) is 24.3 Å². The number of phenols is 1. The molecule has 2 aromatic carbocycles. The van der Waals surface area contributed by atoms with Crippen LogP contribution in [0.1, 0.15) is 57.6 Å². The van der Waals surface area contributed by atoms with Crippen LogP contribution in [-0.4, -0.2) is 40.9 Å². The SMILES string of the molecule is COc1cc(C(C(=O)NCCC(C)C)N(C(=O)c2snc(C(N)=O)c2N)c2cccc(C)c2)ccc1O. The molecule has 10 nitrogen and oxygen atoms in total. The summed E-state index contributed by atoms with van der Waals surface area (Å²) in [6.07, 6.45) is 0.736. The molecule has 1 atom stereocenters. The molecule has 0 saturated carbocycles. The second kappa shape index (κ2) is 11.7. The molecule has 1 heterocycles. The second-order valence-electron chi connectivity index (χ2n) is 8.96. The standard InChI is InChI=1S/C26H31N5O5S/c1-14(2)10-11-29-25(34)22(16-8-9-18(32)19(13-16)36-4)31(17-7-5-6-15(3)12-17)26(35)23-20(27)21(24(28)33)30-37-23/h5-9,12-14,22,32H,10-11,27H2,1-4H3,(H2,28,33)(H,29,34). The number of ether oxygens (including phenoxy) is 1. The van der Waals surface area contributed by atoms with Crippen molar-refractivity contribution in [1.29, 1.82) is 0 Å². The summed E-state index contributed by atoms with van der Waals surface area (Å²) in [5.74, 6) is -1.56. The Bertz CT molecular complexity index is 1310. The van der Waals surface area contributed by atoms with Crippen molar-refractivity contribution in [2.24, 2.45) is 11.7 Å². The first-order chi connectivity index (χ1) is 17.5. The van der Waals surface area contributed by atoms with Gasteiger partial charge in [-0.1, -0.05) is 32.0 Å². The zero-order valence-electron chi connectivity index (χ0n) is 21.1. The summed E-state index contributed by atoms with van der Waals surface area (Å²) in [7, 11) is 1.39. The van der Waals surface area contributed by atoms with Crippen LogP contribution >= 0.6 is 11.5 Å². The average Bonchev–Trinajstić information content (AvgIpc) is 3.23. The molecule has 0 saturated heterocycles. The predicted molar refractivity (Wildman–Crippen MR) is 143 cm³/mol. The molecule has 1 aromatic heterocycles. The van der Waals surface area contributed by atoms with E-state index in [0.717, 1.165) is 23.5 Å². The molecule has 0 aliphatic rings. The minimum absolute atomic E-state index is 0.0268. The van der Waals surface area contributed by atoms with Gasteiger partial charge in [-0.3, -0.25) is 19.3 Å². The highest BCUT2D eigenvalue weighted by Crippen LogP contribution is 2.36. The number of phenolic OH excluding ortho intramolecular Hbond substituents is 1. The van der Waals surface area contributed by atoms with Gasteiger partial charge in [0.2, 0.25) is 5.91 Å². The molecular formula is C26H31N5O5S. The molecular weight excluding hydrogens is 494 g/mol. The van der Waals surface area contributed by atoms with Crippen LogP contribution in [-0.2, 0) is 4.79 Å². The van der Waals surface area contributed by atoms with E-state index in [0.29, 0.717) is 23.7 Å². The molecule has 11 heteroatoms. The van der Waals surface area contributed by atoms with Crippen molar-refractivity contribution >= 4 is 40.6 Å². The first kappa shape index (κ1) is 27.5. The number of nitrogens with two attached hydrogens (primary N) is 2. The number of carbonyl (C=O) groups excluding carboxylic acids is 3. The van der Waals surface area contributed by atoms with E-state index in [1.807, 2.05) is 26.8 Å². The highest BCUT2D eigenvalue weighted by molar-refractivity contribution is 7.09. The van der Waals surface area contributed by atoms with Gasteiger partial charge in [-0.25, -0.2) is 0 Å². The number of amides is 3. The lowest BCUT2D eigenvalue weighted by Gasteiger charge is -2.32.